The molecule has 21 heavy (non-hydrogen) atoms. The fourth-order valence-corrected chi connectivity index (χ4v) is 4.18. The van der Waals surface area contributed by atoms with Crippen molar-refractivity contribution in [2.75, 3.05) is 0 Å². The summed E-state index contributed by atoms with van der Waals surface area (Å²) >= 11 is 1.74. The highest BCUT2D eigenvalue weighted by Crippen LogP contribution is 2.33. The molecule has 0 aliphatic heterocycles. The molecule has 0 saturated carbocycles. The Morgan fingerprint density at radius 3 is 2.81 bits per heavy atom. The number of hydrogen-bond donors (Lipinski definition) is 1. The maximum atomic E-state index is 13.7. The first-order valence-electron chi connectivity index (χ1n) is 7.45. The molecule has 1 heterocycles. The number of nitrogens with two attached hydrogens (primary N) is 1. The van der Waals surface area contributed by atoms with E-state index < -0.39 is 11.6 Å². The molecule has 2 aromatic rings. The summed E-state index contributed by atoms with van der Waals surface area (Å²) in [6, 6.07) is 6.18. The Hall–Kier alpha value is -1.26. The minimum atomic E-state index is -0.804. The molecule has 1 nitrogen and oxygen atoms in total. The lowest BCUT2D eigenvalue weighted by molar-refractivity contribution is 0.494. The van der Waals surface area contributed by atoms with E-state index in [2.05, 4.69) is 6.07 Å². The smallest absolute Gasteiger partial charge is 0.162 e. The topological polar surface area (TPSA) is 26.0 Å². The summed E-state index contributed by atoms with van der Waals surface area (Å²) in [5.74, 6) is -1.58. The van der Waals surface area contributed by atoms with E-state index in [9.17, 15) is 8.78 Å². The minimum Gasteiger partial charge on any atom is -0.323 e. The van der Waals surface area contributed by atoms with Crippen molar-refractivity contribution in [1.82, 2.24) is 0 Å². The maximum absolute atomic E-state index is 13.7. The molecule has 2 N–H and O–H groups in total. The van der Waals surface area contributed by atoms with Crippen molar-refractivity contribution >= 4 is 11.3 Å². The van der Waals surface area contributed by atoms with E-state index in [1.807, 2.05) is 0 Å². The van der Waals surface area contributed by atoms with Crippen LogP contribution in [-0.2, 0) is 19.3 Å². The first kappa shape index (κ1) is 14.7. The molecule has 0 saturated heterocycles. The van der Waals surface area contributed by atoms with Gasteiger partial charge in [0.25, 0.3) is 0 Å². The number of rotatable bonds is 3. The van der Waals surface area contributed by atoms with Crippen LogP contribution in [0.2, 0.25) is 0 Å². The van der Waals surface area contributed by atoms with Crippen LogP contribution in [-0.4, -0.2) is 0 Å². The molecule has 1 aliphatic carbocycles. The van der Waals surface area contributed by atoms with Crippen LogP contribution in [0.3, 0.4) is 0 Å². The third kappa shape index (κ3) is 3.16. The second kappa shape index (κ2) is 6.24. The van der Waals surface area contributed by atoms with Gasteiger partial charge in [0, 0.05) is 15.8 Å². The highest BCUT2D eigenvalue weighted by atomic mass is 32.1. The van der Waals surface area contributed by atoms with Gasteiger partial charge in [0.05, 0.1) is 0 Å². The maximum Gasteiger partial charge on any atom is 0.162 e. The highest BCUT2D eigenvalue weighted by Gasteiger charge is 2.18. The quantitative estimate of drug-likeness (QED) is 0.828. The van der Waals surface area contributed by atoms with E-state index in [4.69, 9.17) is 5.73 Å². The third-order valence-electron chi connectivity index (χ3n) is 4.10. The molecule has 0 spiro atoms. The van der Waals surface area contributed by atoms with Gasteiger partial charge in [0.2, 0.25) is 0 Å². The first-order valence-corrected chi connectivity index (χ1v) is 8.26. The molecule has 4 heteroatoms. The zero-order valence-corrected chi connectivity index (χ0v) is 12.7. The summed E-state index contributed by atoms with van der Waals surface area (Å²) in [7, 11) is 0. The largest absolute Gasteiger partial charge is 0.323 e. The van der Waals surface area contributed by atoms with Gasteiger partial charge in [-0.25, -0.2) is 8.78 Å². The van der Waals surface area contributed by atoms with Crippen molar-refractivity contribution in [2.45, 2.75) is 44.6 Å². The van der Waals surface area contributed by atoms with Crippen molar-refractivity contribution in [3.8, 4) is 0 Å². The molecule has 1 aromatic carbocycles. The summed E-state index contributed by atoms with van der Waals surface area (Å²) in [5.41, 5.74) is 7.98. The Kier molecular flexibility index (Phi) is 4.36. The molecule has 0 radical (unpaired) electrons. The molecular weight excluding hydrogens is 288 g/mol. The Bertz CT molecular complexity index is 612. The van der Waals surface area contributed by atoms with Crippen LogP contribution in [0.25, 0.3) is 0 Å². The molecule has 0 fully saturated rings. The molecule has 112 valence electrons. The van der Waals surface area contributed by atoms with Gasteiger partial charge in [-0.1, -0.05) is 18.6 Å². The van der Waals surface area contributed by atoms with Gasteiger partial charge in [-0.2, -0.15) is 0 Å². The summed E-state index contributed by atoms with van der Waals surface area (Å²) in [4.78, 5) is 2.52. The second-order valence-corrected chi connectivity index (χ2v) is 6.85. The monoisotopic (exact) mass is 307 g/mol. The minimum absolute atomic E-state index is 0.266. The summed E-state index contributed by atoms with van der Waals surface area (Å²) in [5, 5.41) is 0. The van der Waals surface area contributed by atoms with E-state index in [0.717, 1.165) is 23.8 Å². The molecular formula is C17H19F2NS. The fourth-order valence-electron chi connectivity index (χ4n) is 2.92. The number of fused-ring (bicyclic) bond motifs is 1. The van der Waals surface area contributed by atoms with Crippen molar-refractivity contribution in [3.63, 3.8) is 0 Å². The van der Waals surface area contributed by atoms with Crippen LogP contribution in [0.1, 0.15) is 46.2 Å². The van der Waals surface area contributed by atoms with Crippen molar-refractivity contribution in [1.29, 1.82) is 0 Å². The van der Waals surface area contributed by atoms with Gasteiger partial charge in [0.15, 0.2) is 11.6 Å². The summed E-state index contributed by atoms with van der Waals surface area (Å²) in [6.45, 7) is 0. The van der Waals surface area contributed by atoms with Crippen molar-refractivity contribution in [2.24, 2.45) is 5.73 Å². The van der Waals surface area contributed by atoms with E-state index in [1.54, 1.807) is 17.4 Å². The van der Waals surface area contributed by atoms with Crippen LogP contribution >= 0.6 is 11.3 Å². The summed E-state index contributed by atoms with van der Waals surface area (Å²) < 4.78 is 27.0. The van der Waals surface area contributed by atoms with E-state index in [-0.39, 0.29) is 6.04 Å². The average molecular weight is 307 g/mol. The number of halogens is 2. The molecule has 3 rings (SSSR count). The Morgan fingerprint density at radius 1 is 1.14 bits per heavy atom. The normalized spacial score (nSPS) is 16.3. The zero-order valence-electron chi connectivity index (χ0n) is 11.9. The van der Waals surface area contributed by atoms with Crippen molar-refractivity contribution < 1.29 is 8.78 Å². The molecule has 0 bridgehead atoms. The average Bonchev–Trinajstić information content (AvgIpc) is 2.75. The predicted molar refractivity (Wildman–Crippen MR) is 82.6 cm³/mol. The van der Waals surface area contributed by atoms with Gasteiger partial charge in [0.1, 0.15) is 0 Å². The number of aryl methyl sites for hydroxylation is 2. The molecule has 0 amide bonds. The first-order chi connectivity index (χ1) is 10.1. The highest BCUT2D eigenvalue weighted by molar-refractivity contribution is 7.12. The van der Waals surface area contributed by atoms with Crippen LogP contribution in [0, 0.1) is 11.6 Å². The van der Waals surface area contributed by atoms with Crippen molar-refractivity contribution in [3.05, 3.63) is 56.8 Å². The lowest BCUT2D eigenvalue weighted by atomic mass is 10.0. The van der Waals surface area contributed by atoms with Gasteiger partial charge in [-0.3, -0.25) is 0 Å². The Balaban J connectivity index is 1.79. The van der Waals surface area contributed by atoms with Gasteiger partial charge < -0.3 is 5.73 Å². The van der Waals surface area contributed by atoms with Crippen LogP contribution in [0.5, 0.6) is 0 Å². The lowest BCUT2D eigenvalue weighted by Gasteiger charge is -2.10. The second-order valence-electron chi connectivity index (χ2n) is 5.68. The molecule has 1 unspecified atom stereocenters. The van der Waals surface area contributed by atoms with Crippen LogP contribution < -0.4 is 5.73 Å². The van der Waals surface area contributed by atoms with Crippen LogP contribution in [0.4, 0.5) is 8.78 Å². The van der Waals surface area contributed by atoms with Gasteiger partial charge >= 0.3 is 0 Å². The zero-order chi connectivity index (χ0) is 14.8. The standard InChI is InChI=1S/C17H19F2NS/c18-13-7-4-6-12(17(13)19)9-14(20)16-10-11-5-2-1-3-8-15(11)21-16/h4,6-7,10,14H,1-3,5,8-9,20H2. The molecule has 1 atom stereocenters. The summed E-state index contributed by atoms with van der Waals surface area (Å²) in [6.07, 6.45) is 6.34. The van der Waals surface area contributed by atoms with E-state index in [0.29, 0.717) is 12.0 Å². The Morgan fingerprint density at radius 2 is 1.95 bits per heavy atom. The number of thiophene rings is 1. The van der Waals surface area contributed by atoms with Gasteiger partial charge in [-0.15, -0.1) is 11.3 Å². The number of benzene rings is 1. The number of hydrogen-bond acceptors (Lipinski definition) is 2. The predicted octanol–water partition coefficient (Wildman–Crippen LogP) is 4.54. The molecule has 1 aromatic heterocycles. The Labute approximate surface area is 127 Å². The third-order valence-corrected chi connectivity index (χ3v) is 5.47. The fraction of sp³-hybridized carbons (Fsp3) is 0.412. The van der Waals surface area contributed by atoms with Crippen LogP contribution in [0.15, 0.2) is 24.3 Å². The molecule has 1 aliphatic rings. The van der Waals surface area contributed by atoms with Gasteiger partial charge in [-0.05, 0) is 55.4 Å². The lowest BCUT2D eigenvalue weighted by Crippen LogP contribution is -2.13. The SMILES string of the molecule is NC(Cc1cccc(F)c1F)c1cc2c(s1)CCCCC2. The van der Waals surface area contributed by atoms with E-state index in [1.165, 1.54) is 35.8 Å². The van der Waals surface area contributed by atoms with E-state index >= 15 is 0 Å².